The van der Waals surface area contributed by atoms with E-state index in [0.717, 1.165) is 16.9 Å². The predicted molar refractivity (Wildman–Crippen MR) is 81.1 cm³/mol. The Morgan fingerprint density at radius 1 is 1.30 bits per heavy atom. The molecule has 0 bridgehead atoms. The predicted octanol–water partition coefficient (Wildman–Crippen LogP) is 3.02. The zero-order valence-electron chi connectivity index (χ0n) is 11.4. The van der Waals surface area contributed by atoms with E-state index in [-0.39, 0.29) is 5.91 Å². The molecule has 0 saturated heterocycles. The number of benzene rings is 1. The Balaban J connectivity index is 2.12. The fourth-order valence-electron chi connectivity index (χ4n) is 1.74. The standard InChI is InChI=1S/C15H16ClN3O/c1-10-3-5-12(18-8-10)9-19-14-7-11(15(20)17-2)4-6-13(14)16/h3-8,19H,9H2,1-2H3,(H,17,20). The molecule has 0 atom stereocenters. The van der Waals surface area contributed by atoms with Gasteiger partial charge in [0.25, 0.3) is 5.91 Å². The molecule has 20 heavy (non-hydrogen) atoms. The molecule has 1 aromatic carbocycles. The number of carbonyl (C=O) groups is 1. The molecule has 5 heteroatoms. The molecule has 0 aliphatic rings. The molecule has 1 aromatic heterocycles. The van der Waals surface area contributed by atoms with Gasteiger partial charge in [-0.3, -0.25) is 9.78 Å². The number of hydrogen-bond donors (Lipinski definition) is 2. The number of pyridine rings is 1. The fourth-order valence-corrected chi connectivity index (χ4v) is 1.92. The second-order valence-corrected chi connectivity index (χ2v) is 4.86. The number of aromatic nitrogens is 1. The Morgan fingerprint density at radius 3 is 2.75 bits per heavy atom. The van der Waals surface area contributed by atoms with Crippen molar-refractivity contribution in [2.75, 3.05) is 12.4 Å². The molecule has 104 valence electrons. The monoisotopic (exact) mass is 289 g/mol. The van der Waals surface area contributed by atoms with Crippen molar-refractivity contribution in [3.05, 3.63) is 58.4 Å². The fraction of sp³-hybridized carbons (Fsp3) is 0.200. The van der Waals surface area contributed by atoms with E-state index in [9.17, 15) is 4.79 Å². The summed E-state index contributed by atoms with van der Waals surface area (Å²) in [4.78, 5) is 15.9. The van der Waals surface area contributed by atoms with Gasteiger partial charge in [0.15, 0.2) is 0 Å². The summed E-state index contributed by atoms with van der Waals surface area (Å²) < 4.78 is 0. The van der Waals surface area contributed by atoms with Crippen LogP contribution < -0.4 is 10.6 Å². The number of nitrogens with one attached hydrogen (secondary N) is 2. The first-order valence-electron chi connectivity index (χ1n) is 6.27. The lowest BCUT2D eigenvalue weighted by atomic mass is 10.2. The van der Waals surface area contributed by atoms with Crippen LogP contribution in [0.15, 0.2) is 36.5 Å². The van der Waals surface area contributed by atoms with Gasteiger partial charge in [0.1, 0.15) is 0 Å². The van der Waals surface area contributed by atoms with Crippen molar-refractivity contribution in [2.45, 2.75) is 13.5 Å². The number of nitrogens with zero attached hydrogens (tertiary/aromatic N) is 1. The Kier molecular flexibility index (Phi) is 4.58. The number of anilines is 1. The van der Waals surface area contributed by atoms with Crippen LogP contribution in [0.3, 0.4) is 0 Å². The third-order valence-corrected chi connectivity index (χ3v) is 3.22. The molecule has 0 radical (unpaired) electrons. The highest BCUT2D eigenvalue weighted by atomic mass is 35.5. The average Bonchev–Trinajstić information content (AvgIpc) is 2.47. The Labute approximate surface area is 123 Å². The van der Waals surface area contributed by atoms with E-state index in [1.54, 1.807) is 25.2 Å². The normalized spacial score (nSPS) is 10.2. The van der Waals surface area contributed by atoms with Crippen molar-refractivity contribution in [2.24, 2.45) is 0 Å². The largest absolute Gasteiger partial charge is 0.378 e. The highest BCUT2D eigenvalue weighted by molar-refractivity contribution is 6.33. The topological polar surface area (TPSA) is 54.0 Å². The molecule has 2 aromatic rings. The summed E-state index contributed by atoms with van der Waals surface area (Å²) in [6.45, 7) is 2.55. The van der Waals surface area contributed by atoms with Crippen molar-refractivity contribution in [1.29, 1.82) is 0 Å². The molecular weight excluding hydrogens is 274 g/mol. The van der Waals surface area contributed by atoms with Gasteiger partial charge in [0.2, 0.25) is 0 Å². The number of rotatable bonds is 4. The maximum Gasteiger partial charge on any atom is 0.251 e. The second kappa shape index (κ2) is 6.39. The summed E-state index contributed by atoms with van der Waals surface area (Å²) in [5.74, 6) is -0.141. The first-order chi connectivity index (χ1) is 9.60. The highest BCUT2D eigenvalue weighted by Gasteiger charge is 2.07. The number of carbonyl (C=O) groups excluding carboxylic acids is 1. The summed E-state index contributed by atoms with van der Waals surface area (Å²) in [5.41, 5.74) is 3.32. The number of hydrogen-bond acceptors (Lipinski definition) is 3. The van der Waals surface area contributed by atoms with Crippen molar-refractivity contribution in [3.8, 4) is 0 Å². The molecule has 2 rings (SSSR count). The summed E-state index contributed by atoms with van der Waals surface area (Å²) in [7, 11) is 1.60. The van der Waals surface area contributed by atoms with E-state index in [4.69, 9.17) is 11.6 Å². The molecule has 1 amide bonds. The van der Waals surface area contributed by atoms with Gasteiger partial charge >= 0.3 is 0 Å². The van der Waals surface area contributed by atoms with E-state index in [0.29, 0.717) is 17.1 Å². The van der Waals surface area contributed by atoms with Gasteiger partial charge in [-0.2, -0.15) is 0 Å². The third-order valence-electron chi connectivity index (χ3n) is 2.89. The molecule has 0 spiro atoms. The Bertz CT molecular complexity index is 611. The first kappa shape index (κ1) is 14.3. The molecule has 4 nitrogen and oxygen atoms in total. The minimum atomic E-state index is -0.141. The zero-order chi connectivity index (χ0) is 14.5. The smallest absolute Gasteiger partial charge is 0.251 e. The minimum Gasteiger partial charge on any atom is -0.378 e. The second-order valence-electron chi connectivity index (χ2n) is 4.45. The van der Waals surface area contributed by atoms with Gasteiger partial charge in [-0.15, -0.1) is 0 Å². The third kappa shape index (κ3) is 3.48. The van der Waals surface area contributed by atoms with Crippen LogP contribution in [0.4, 0.5) is 5.69 Å². The van der Waals surface area contributed by atoms with E-state index in [1.165, 1.54) is 0 Å². The van der Waals surface area contributed by atoms with Crippen LogP contribution in [-0.2, 0) is 6.54 Å². The molecule has 0 aliphatic heterocycles. The minimum absolute atomic E-state index is 0.141. The van der Waals surface area contributed by atoms with Gasteiger partial charge < -0.3 is 10.6 Å². The quantitative estimate of drug-likeness (QED) is 0.910. The van der Waals surface area contributed by atoms with E-state index < -0.39 is 0 Å². The maximum absolute atomic E-state index is 11.6. The van der Waals surface area contributed by atoms with Crippen LogP contribution >= 0.6 is 11.6 Å². The molecule has 0 saturated carbocycles. The van der Waals surface area contributed by atoms with Gasteiger partial charge in [-0.25, -0.2) is 0 Å². The van der Waals surface area contributed by atoms with Crippen molar-refractivity contribution < 1.29 is 4.79 Å². The summed E-state index contributed by atoms with van der Waals surface area (Å²) in [6, 6.07) is 9.09. The number of amides is 1. The highest BCUT2D eigenvalue weighted by Crippen LogP contribution is 2.23. The van der Waals surface area contributed by atoms with Crippen LogP contribution in [0.1, 0.15) is 21.6 Å². The SMILES string of the molecule is CNC(=O)c1ccc(Cl)c(NCc2ccc(C)cn2)c1. The van der Waals surface area contributed by atoms with Crippen LogP contribution in [-0.4, -0.2) is 17.9 Å². The summed E-state index contributed by atoms with van der Waals surface area (Å²) >= 11 is 6.12. The molecule has 1 heterocycles. The van der Waals surface area contributed by atoms with Crippen molar-refractivity contribution in [3.63, 3.8) is 0 Å². The Morgan fingerprint density at radius 2 is 2.10 bits per heavy atom. The lowest BCUT2D eigenvalue weighted by Crippen LogP contribution is -2.17. The Hall–Kier alpha value is -2.07. The van der Waals surface area contributed by atoms with E-state index >= 15 is 0 Å². The van der Waals surface area contributed by atoms with Gasteiger partial charge in [0, 0.05) is 18.8 Å². The van der Waals surface area contributed by atoms with Gasteiger partial charge in [-0.05, 0) is 36.8 Å². The van der Waals surface area contributed by atoms with Crippen LogP contribution in [0, 0.1) is 6.92 Å². The first-order valence-corrected chi connectivity index (χ1v) is 6.65. The molecular formula is C15H16ClN3O. The van der Waals surface area contributed by atoms with Crippen molar-refractivity contribution in [1.82, 2.24) is 10.3 Å². The lowest BCUT2D eigenvalue weighted by molar-refractivity contribution is 0.0963. The molecule has 0 unspecified atom stereocenters. The van der Waals surface area contributed by atoms with E-state index in [2.05, 4.69) is 15.6 Å². The van der Waals surface area contributed by atoms with Crippen LogP contribution in [0.25, 0.3) is 0 Å². The van der Waals surface area contributed by atoms with Crippen LogP contribution in [0.2, 0.25) is 5.02 Å². The van der Waals surface area contributed by atoms with Crippen molar-refractivity contribution >= 4 is 23.2 Å². The maximum atomic E-state index is 11.6. The lowest BCUT2D eigenvalue weighted by Gasteiger charge is -2.10. The van der Waals surface area contributed by atoms with Gasteiger partial charge in [-0.1, -0.05) is 17.7 Å². The summed E-state index contributed by atoms with van der Waals surface area (Å²) in [5, 5.41) is 6.35. The average molecular weight is 290 g/mol. The number of halogens is 1. The zero-order valence-corrected chi connectivity index (χ0v) is 12.2. The van der Waals surface area contributed by atoms with Gasteiger partial charge in [0.05, 0.1) is 22.9 Å². The summed E-state index contributed by atoms with van der Waals surface area (Å²) in [6.07, 6.45) is 1.82. The van der Waals surface area contributed by atoms with E-state index in [1.807, 2.05) is 25.3 Å². The van der Waals surface area contributed by atoms with Crippen LogP contribution in [0.5, 0.6) is 0 Å². The molecule has 0 aliphatic carbocycles. The molecule has 2 N–H and O–H groups in total. The number of aryl methyl sites for hydroxylation is 1. The molecule has 0 fully saturated rings.